The number of rotatable bonds is 2. The molecule has 0 aliphatic heterocycles. The van der Waals surface area contributed by atoms with Crippen molar-refractivity contribution < 1.29 is 14.3 Å². The van der Waals surface area contributed by atoms with Gasteiger partial charge < -0.3 is 9.47 Å². The van der Waals surface area contributed by atoms with Crippen LogP contribution >= 0.6 is 0 Å². The second kappa shape index (κ2) is 5.29. The number of carbonyl (C=O) groups is 1. The minimum Gasteiger partial charge on any atom is -0.497 e. The summed E-state index contributed by atoms with van der Waals surface area (Å²) >= 11 is 0. The minimum atomic E-state index is -0.373. The third-order valence-electron chi connectivity index (χ3n) is 6.22. The number of esters is 1. The molecule has 0 bridgehead atoms. The number of hydrogen-bond acceptors (Lipinski definition) is 3. The highest BCUT2D eigenvalue weighted by molar-refractivity contribution is 5.77. The normalized spacial score (nSPS) is 33.5. The van der Waals surface area contributed by atoms with Gasteiger partial charge in [-0.05, 0) is 67.2 Å². The van der Waals surface area contributed by atoms with Crippen molar-refractivity contribution in [1.82, 2.24) is 0 Å². The van der Waals surface area contributed by atoms with Crippen molar-refractivity contribution in [2.45, 2.75) is 51.4 Å². The lowest BCUT2D eigenvalue weighted by Gasteiger charge is -2.54. The summed E-state index contributed by atoms with van der Waals surface area (Å²) < 4.78 is 10.6. The standard InChI is InChI=1S/C19H26O3/c1-18-10-5-11-19(2,17(20)22-4)16(18)9-7-13-6-8-14(21-3)12-15(13)18/h6,8,12,16H,5,7,9-11H2,1-4H3/t16-,18-,19+/m1/s1. The molecule has 22 heavy (non-hydrogen) atoms. The van der Waals surface area contributed by atoms with E-state index in [1.807, 2.05) is 6.07 Å². The average Bonchev–Trinajstić information content (AvgIpc) is 2.53. The van der Waals surface area contributed by atoms with Gasteiger partial charge in [-0.1, -0.05) is 19.4 Å². The zero-order chi connectivity index (χ0) is 16.0. The molecule has 120 valence electrons. The molecule has 1 aromatic rings. The van der Waals surface area contributed by atoms with Gasteiger partial charge in [-0.3, -0.25) is 4.79 Å². The van der Waals surface area contributed by atoms with Crippen LogP contribution in [0.15, 0.2) is 18.2 Å². The number of carbonyl (C=O) groups excluding carboxylic acids is 1. The van der Waals surface area contributed by atoms with Gasteiger partial charge in [0.25, 0.3) is 0 Å². The lowest BCUT2D eigenvalue weighted by atomic mass is 9.50. The average molecular weight is 302 g/mol. The Kier molecular flexibility index (Phi) is 3.70. The maximum atomic E-state index is 12.5. The molecule has 0 saturated heterocycles. The smallest absolute Gasteiger partial charge is 0.311 e. The van der Waals surface area contributed by atoms with E-state index >= 15 is 0 Å². The van der Waals surface area contributed by atoms with Gasteiger partial charge in [0, 0.05) is 0 Å². The quantitative estimate of drug-likeness (QED) is 0.778. The van der Waals surface area contributed by atoms with E-state index in [1.165, 1.54) is 18.2 Å². The maximum absolute atomic E-state index is 12.5. The molecule has 1 aromatic carbocycles. The molecule has 0 aromatic heterocycles. The predicted molar refractivity (Wildman–Crippen MR) is 86.1 cm³/mol. The molecule has 1 saturated carbocycles. The summed E-state index contributed by atoms with van der Waals surface area (Å²) in [6, 6.07) is 6.43. The predicted octanol–water partition coefficient (Wildman–Crippen LogP) is 3.88. The van der Waals surface area contributed by atoms with Gasteiger partial charge in [0.1, 0.15) is 5.75 Å². The maximum Gasteiger partial charge on any atom is 0.311 e. The van der Waals surface area contributed by atoms with Gasteiger partial charge in [0.15, 0.2) is 0 Å². The van der Waals surface area contributed by atoms with Crippen molar-refractivity contribution in [3.05, 3.63) is 29.3 Å². The summed E-state index contributed by atoms with van der Waals surface area (Å²) in [5.41, 5.74) is 2.44. The van der Waals surface area contributed by atoms with E-state index < -0.39 is 0 Å². The van der Waals surface area contributed by atoms with E-state index in [0.29, 0.717) is 5.92 Å². The van der Waals surface area contributed by atoms with Crippen LogP contribution in [0.3, 0.4) is 0 Å². The Bertz CT molecular complexity index is 594. The summed E-state index contributed by atoms with van der Waals surface area (Å²) in [6.45, 7) is 4.43. The molecule has 0 amide bonds. The number of fused-ring (bicyclic) bond motifs is 3. The van der Waals surface area contributed by atoms with Crippen molar-refractivity contribution in [3.8, 4) is 5.75 Å². The summed E-state index contributed by atoms with van der Waals surface area (Å²) in [6.07, 6.45) is 5.21. The molecule has 2 aliphatic rings. The van der Waals surface area contributed by atoms with Crippen molar-refractivity contribution in [3.63, 3.8) is 0 Å². The molecule has 2 aliphatic carbocycles. The summed E-state index contributed by atoms with van der Waals surface area (Å²) in [7, 11) is 3.23. The number of methoxy groups -OCH3 is 2. The molecule has 0 radical (unpaired) electrons. The van der Waals surface area contributed by atoms with Gasteiger partial charge >= 0.3 is 5.97 Å². The van der Waals surface area contributed by atoms with Crippen molar-refractivity contribution >= 4 is 5.97 Å². The van der Waals surface area contributed by atoms with E-state index in [1.54, 1.807) is 7.11 Å². The lowest BCUT2D eigenvalue weighted by molar-refractivity contribution is -0.161. The molecule has 3 heteroatoms. The zero-order valence-corrected chi connectivity index (χ0v) is 14.1. The lowest BCUT2D eigenvalue weighted by Crippen LogP contribution is -2.52. The SMILES string of the molecule is COC(=O)[C@@]1(C)CCC[C@]2(C)c3cc(OC)ccc3CC[C@@H]12. The molecule has 3 nitrogen and oxygen atoms in total. The molecule has 0 heterocycles. The fourth-order valence-corrected chi connectivity index (χ4v) is 5.04. The summed E-state index contributed by atoms with van der Waals surface area (Å²) in [4.78, 5) is 12.5. The van der Waals surface area contributed by atoms with Gasteiger partial charge in [-0.25, -0.2) is 0 Å². The van der Waals surface area contributed by atoms with E-state index in [0.717, 1.165) is 37.9 Å². The largest absolute Gasteiger partial charge is 0.497 e. The van der Waals surface area contributed by atoms with Crippen LogP contribution in [0.4, 0.5) is 0 Å². The van der Waals surface area contributed by atoms with Gasteiger partial charge in [0.2, 0.25) is 0 Å². The van der Waals surface area contributed by atoms with E-state index in [-0.39, 0.29) is 16.8 Å². The highest BCUT2D eigenvalue weighted by Crippen LogP contribution is 2.57. The second-order valence-corrected chi connectivity index (χ2v) is 7.29. The third kappa shape index (κ3) is 2.05. The van der Waals surface area contributed by atoms with Crippen LogP contribution in [0.5, 0.6) is 5.75 Å². The minimum absolute atomic E-state index is 0.0311. The molecular formula is C19H26O3. The Morgan fingerprint density at radius 1 is 1.23 bits per heavy atom. The number of aryl methyl sites for hydroxylation is 1. The van der Waals surface area contributed by atoms with Gasteiger partial charge in [-0.2, -0.15) is 0 Å². The second-order valence-electron chi connectivity index (χ2n) is 7.29. The Labute approximate surface area is 133 Å². The molecule has 3 rings (SSSR count). The van der Waals surface area contributed by atoms with Crippen molar-refractivity contribution in [1.29, 1.82) is 0 Å². The highest BCUT2D eigenvalue weighted by Gasteiger charge is 2.55. The first kappa shape index (κ1) is 15.4. The van der Waals surface area contributed by atoms with Crippen molar-refractivity contribution in [2.75, 3.05) is 14.2 Å². The Balaban J connectivity index is 2.09. The number of hydrogen-bond donors (Lipinski definition) is 0. The van der Waals surface area contributed by atoms with Crippen LogP contribution in [0.25, 0.3) is 0 Å². The molecule has 0 spiro atoms. The van der Waals surface area contributed by atoms with Crippen LogP contribution in [0, 0.1) is 11.3 Å². The first-order chi connectivity index (χ1) is 10.5. The van der Waals surface area contributed by atoms with E-state index in [2.05, 4.69) is 26.0 Å². The summed E-state index contributed by atoms with van der Waals surface area (Å²) in [5, 5.41) is 0. The highest BCUT2D eigenvalue weighted by atomic mass is 16.5. The van der Waals surface area contributed by atoms with Crippen LogP contribution in [0.1, 0.15) is 50.7 Å². The number of ether oxygens (including phenoxy) is 2. The van der Waals surface area contributed by atoms with E-state index in [4.69, 9.17) is 9.47 Å². The first-order valence-corrected chi connectivity index (χ1v) is 8.21. The fourth-order valence-electron chi connectivity index (χ4n) is 5.04. The Morgan fingerprint density at radius 2 is 2.00 bits per heavy atom. The molecule has 1 fully saturated rings. The van der Waals surface area contributed by atoms with Gasteiger partial charge in [0.05, 0.1) is 19.6 Å². The Morgan fingerprint density at radius 3 is 2.68 bits per heavy atom. The van der Waals surface area contributed by atoms with Crippen LogP contribution in [0.2, 0.25) is 0 Å². The monoisotopic (exact) mass is 302 g/mol. The topological polar surface area (TPSA) is 35.5 Å². The number of benzene rings is 1. The molecule has 0 unspecified atom stereocenters. The van der Waals surface area contributed by atoms with Crippen LogP contribution < -0.4 is 4.74 Å². The molecule has 0 N–H and O–H groups in total. The van der Waals surface area contributed by atoms with Crippen LogP contribution in [-0.2, 0) is 21.4 Å². The van der Waals surface area contributed by atoms with Crippen LogP contribution in [-0.4, -0.2) is 20.2 Å². The Hall–Kier alpha value is -1.51. The third-order valence-corrected chi connectivity index (χ3v) is 6.22. The van der Waals surface area contributed by atoms with E-state index in [9.17, 15) is 4.79 Å². The zero-order valence-electron chi connectivity index (χ0n) is 14.1. The first-order valence-electron chi connectivity index (χ1n) is 8.21. The summed E-state index contributed by atoms with van der Waals surface area (Å²) in [5.74, 6) is 1.20. The molecule has 3 atom stereocenters. The fraction of sp³-hybridized carbons (Fsp3) is 0.632. The molecular weight excluding hydrogens is 276 g/mol. The van der Waals surface area contributed by atoms with Gasteiger partial charge in [-0.15, -0.1) is 0 Å². The van der Waals surface area contributed by atoms with Crippen molar-refractivity contribution in [2.24, 2.45) is 11.3 Å².